The Bertz CT molecular complexity index is 413. The van der Waals surface area contributed by atoms with Gasteiger partial charge < -0.3 is 10.5 Å². The highest BCUT2D eigenvalue weighted by atomic mass is 19.1. The lowest BCUT2D eigenvalue weighted by molar-refractivity contribution is 0.320. The van der Waals surface area contributed by atoms with Gasteiger partial charge in [0.25, 0.3) is 0 Å². The summed E-state index contributed by atoms with van der Waals surface area (Å²) < 4.78 is 19.3. The molecule has 0 bridgehead atoms. The average Bonchev–Trinajstić information content (AvgIpc) is 2.72. The van der Waals surface area contributed by atoms with Gasteiger partial charge in [0.05, 0.1) is 6.61 Å². The SMILES string of the molecule is CCOc1ccc(C(CN)C2CCCCCC2)cc1F. The largest absolute Gasteiger partial charge is 0.491 e. The summed E-state index contributed by atoms with van der Waals surface area (Å²) in [6.07, 6.45) is 7.64. The van der Waals surface area contributed by atoms with Crippen LogP contribution >= 0.6 is 0 Å². The van der Waals surface area contributed by atoms with Crippen LogP contribution in [0.2, 0.25) is 0 Å². The zero-order chi connectivity index (χ0) is 14.4. The molecule has 1 fully saturated rings. The molecule has 0 amide bonds. The summed E-state index contributed by atoms with van der Waals surface area (Å²) in [6, 6.07) is 5.34. The Labute approximate surface area is 121 Å². The summed E-state index contributed by atoms with van der Waals surface area (Å²) >= 11 is 0. The van der Waals surface area contributed by atoms with Crippen molar-refractivity contribution in [2.45, 2.75) is 51.4 Å². The molecule has 1 aromatic carbocycles. The molecule has 1 unspecified atom stereocenters. The highest BCUT2D eigenvalue weighted by Gasteiger charge is 2.24. The fraction of sp³-hybridized carbons (Fsp3) is 0.647. The first-order valence-corrected chi connectivity index (χ1v) is 7.88. The molecule has 2 rings (SSSR count). The number of nitrogens with two attached hydrogens (primary N) is 1. The van der Waals surface area contributed by atoms with E-state index < -0.39 is 0 Å². The number of ether oxygens (including phenoxy) is 1. The summed E-state index contributed by atoms with van der Waals surface area (Å²) in [5, 5.41) is 0. The van der Waals surface area contributed by atoms with E-state index in [-0.39, 0.29) is 11.7 Å². The lowest BCUT2D eigenvalue weighted by atomic mass is 9.81. The molecule has 1 aliphatic rings. The minimum absolute atomic E-state index is 0.267. The Hall–Kier alpha value is -1.09. The van der Waals surface area contributed by atoms with E-state index in [0.717, 1.165) is 5.56 Å². The topological polar surface area (TPSA) is 35.2 Å². The normalized spacial score (nSPS) is 18.6. The third-order valence-electron chi connectivity index (χ3n) is 4.41. The molecule has 20 heavy (non-hydrogen) atoms. The van der Waals surface area contributed by atoms with Gasteiger partial charge in [-0.2, -0.15) is 0 Å². The Morgan fingerprint density at radius 2 is 1.95 bits per heavy atom. The van der Waals surface area contributed by atoms with Crippen molar-refractivity contribution in [1.82, 2.24) is 0 Å². The van der Waals surface area contributed by atoms with E-state index in [4.69, 9.17) is 10.5 Å². The van der Waals surface area contributed by atoms with Gasteiger partial charge >= 0.3 is 0 Å². The Kier molecular flexibility index (Phi) is 5.84. The maximum Gasteiger partial charge on any atom is 0.165 e. The highest BCUT2D eigenvalue weighted by Crippen LogP contribution is 2.35. The van der Waals surface area contributed by atoms with E-state index in [9.17, 15) is 4.39 Å². The second-order valence-corrected chi connectivity index (χ2v) is 5.72. The van der Waals surface area contributed by atoms with Gasteiger partial charge in [0.1, 0.15) is 0 Å². The van der Waals surface area contributed by atoms with Crippen LogP contribution in [0.3, 0.4) is 0 Å². The molecule has 0 saturated heterocycles. The standard InChI is InChI=1S/C17H26FNO/c1-2-20-17-10-9-14(11-16(17)18)15(12-19)13-7-5-3-4-6-8-13/h9-11,13,15H,2-8,12,19H2,1H3. The fourth-order valence-electron chi connectivity index (χ4n) is 3.33. The van der Waals surface area contributed by atoms with E-state index in [1.807, 2.05) is 13.0 Å². The van der Waals surface area contributed by atoms with Crippen LogP contribution in [0.25, 0.3) is 0 Å². The van der Waals surface area contributed by atoms with Crippen LogP contribution in [0.4, 0.5) is 4.39 Å². The van der Waals surface area contributed by atoms with Gasteiger partial charge in [0, 0.05) is 0 Å². The molecule has 0 aromatic heterocycles. The number of halogens is 1. The van der Waals surface area contributed by atoms with E-state index in [1.54, 1.807) is 12.1 Å². The average molecular weight is 279 g/mol. The molecule has 1 saturated carbocycles. The lowest BCUT2D eigenvalue weighted by Crippen LogP contribution is -2.21. The number of hydrogen-bond acceptors (Lipinski definition) is 2. The summed E-state index contributed by atoms with van der Waals surface area (Å²) in [5.41, 5.74) is 7.01. The molecule has 112 valence electrons. The van der Waals surface area contributed by atoms with Crippen molar-refractivity contribution in [3.8, 4) is 5.75 Å². The van der Waals surface area contributed by atoms with E-state index >= 15 is 0 Å². The van der Waals surface area contributed by atoms with Gasteiger partial charge in [-0.3, -0.25) is 0 Å². The Morgan fingerprint density at radius 1 is 1.25 bits per heavy atom. The number of hydrogen-bond donors (Lipinski definition) is 1. The minimum Gasteiger partial charge on any atom is -0.491 e. The molecule has 0 spiro atoms. The second kappa shape index (κ2) is 7.63. The molecular formula is C17H26FNO. The maximum atomic E-state index is 14.0. The molecule has 0 aliphatic heterocycles. The zero-order valence-electron chi connectivity index (χ0n) is 12.4. The highest BCUT2D eigenvalue weighted by molar-refractivity contribution is 5.32. The first-order valence-electron chi connectivity index (χ1n) is 7.88. The summed E-state index contributed by atoms with van der Waals surface area (Å²) in [4.78, 5) is 0. The molecular weight excluding hydrogens is 253 g/mol. The molecule has 1 aliphatic carbocycles. The van der Waals surface area contributed by atoms with Gasteiger partial charge in [-0.25, -0.2) is 4.39 Å². The van der Waals surface area contributed by atoms with Crippen molar-refractivity contribution < 1.29 is 9.13 Å². The fourth-order valence-corrected chi connectivity index (χ4v) is 3.33. The Morgan fingerprint density at radius 3 is 2.50 bits per heavy atom. The molecule has 0 radical (unpaired) electrons. The zero-order valence-corrected chi connectivity index (χ0v) is 12.4. The maximum absolute atomic E-state index is 14.0. The van der Waals surface area contributed by atoms with Crippen LogP contribution in [-0.2, 0) is 0 Å². The van der Waals surface area contributed by atoms with E-state index in [2.05, 4.69) is 0 Å². The van der Waals surface area contributed by atoms with Crippen LogP contribution in [0.1, 0.15) is 56.9 Å². The molecule has 2 nitrogen and oxygen atoms in total. The van der Waals surface area contributed by atoms with E-state index in [1.165, 1.54) is 38.5 Å². The first kappa shape index (κ1) is 15.3. The number of rotatable bonds is 5. The lowest BCUT2D eigenvalue weighted by Gasteiger charge is -2.25. The Balaban J connectivity index is 2.15. The predicted octanol–water partition coefficient (Wildman–Crippen LogP) is 4.24. The van der Waals surface area contributed by atoms with Crippen LogP contribution in [0.15, 0.2) is 18.2 Å². The summed E-state index contributed by atoms with van der Waals surface area (Å²) in [6.45, 7) is 2.94. The van der Waals surface area contributed by atoms with Crippen molar-refractivity contribution in [3.63, 3.8) is 0 Å². The van der Waals surface area contributed by atoms with Gasteiger partial charge in [-0.1, -0.05) is 31.7 Å². The van der Waals surface area contributed by atoms with Crippen LogP contribution in [-0.4, -0.2) is 13.2 Å². The number of benzene rings is 1. The van der Waals surface area contributed by atoms with Crippen molar-refractivity contribution in [2.75, 3.05) is 13.2 Å². The van der Waals surface area contributed by atoms with Crippen molar-refractivity contribution in [1.29, 1.82) is 0 Å². The smallest absolute Gasteiger partial charge is 0.165 e. The molecule has 0 heterocycles. The molecule has 1 atom stereocenters. The first-order chi connectivity index (χ1) is 9.76. The predicted molar refractivity (Wildman–Crippen MR) is 80.6 cm³/mol. The quantitative estimate of drug-likeness (QED) is 0.818. The third kappa shape index (κ3) is 3.72. The molecule has 2 N–H and O–H groups in total. The second-order valence-electron chi connectivity index (χ2n) is 5.72. The molecule has 1 aromatic rings. The molecule has 3 heteroatoms. The van der Waals surface area contributed by atoms with Crippen molar-refractivity contribution in [2.24, 2.45) is 11.7 Å². The van der Waals surface area contributed by atoms with Gasteiger partial charge in [-0.05, 0) is 55.8 Å². The van der Waals surface area contributed by atoms with Crippen LogP contribution < -0.4 is 10.5 Å². The van der Waals surface area contributed by atoms with E-state index in [0.29, 0.717) is 24.8 Å². The summed E-state index contributed by atoms with van der Waals surface area (Å²) in [5.74, 6) is 0.947. The van der Waals surface area contributed by atoms with Gasteiger partial charge in [-0.15, -0.1) is 0 Å². The summed E-state index contributed by atoms with van der Waals surface area (Å²) in [7, 11) is 0. The van der Waals surface area contributed by atoms with Crippen LogP contribution in [0, 0.1) is 11.7 Å². The van der Waals surface area contributed by atoms with Crippen molar-refractivity contribution in [3.05, 3.63) is 29.6 Å². The third-order valence-corrected chi connectivity index (χ3v) is 4.41. The monoisotopic (exact) mass is 279 g/mol. The van der Waals surface area contributed by atoms with Gasteiger partial charge in [0.15, 0.2) is 11.6 Å². The minimum atomic E-state index is -0.267. The van der Waals surface area contributed by atoms with Crippen LogP contribution in [0.5, 0.6) is 5.75 Å². The van der Waals surface area contributed by atoms with Gasteiger partial charge in [0.2, 0.25) is 0 Å². The van der Waals surface area contributed by atoms with Crippen molar-refractivity contribution >= 4 is 0 Å².